The molecule has 9 nitrogen and oxygen atoms in total. The van der Waals surface area contributed by atoms with Crippen LogP contribution >= 0.6 is 0 Å². The first-order chi connectivity index (χ1) is 19.0. The number of rotatable bonds is 7. The molecule has 2 N–H and O–H groups in total. The van der Waals surface area contributed by atoms with Crippen LogP contribution in [0.25, 0.3) is 0 Å². The van der Waals surface area contributed by atoms with Crippen LogP contribution in [-0.2, 0) is 43.5 Å². The molecule has 12 heteroatoms. The van der Waals surface area contributed by atoms with Gasteiger partial charge in [-0.15, -0.1) is 0 Å². The lowest BCUT2D eigenvalue weighted by Gasteiger charge is -2.34. The molecule has 1 saturated heterocycles. The lowest BCUT2D eigenvalue weighted by atomic mass is 9.98. The van der Waals surface area contributed by atoms with Crippen LogP contribution in [0.15, 0.2) is 48.5 Å². The van der Waals surface area contributed by atoms with E-state index in [0.29, 0.717) is 6.54 Å². The quantitative estimate of drug-likeness (QED) is 0.385. The van der Waals surface area contributed by atoms with E-state index in [9.17, 15) is 22.8 Å². The van der Waals surface area contributed by atoms with Crippen LogP contribution in [0.2, 0.25) is 0 Å². The molecule has 1 amide bonds. The molecular formula is C28H34F3N3O6. The number of aliphatic carboxylic acids is 1. The summed E-state index contributed by atoms with van der Waals surface area (Å²) in [6, 6.07) is 15.4. The molecule has 2 aliphatic heterocycles. The van der Waals surface area contributed by atoms with Crippen molar-refractivity contribution < 1.29 is 42.2 Å². The fraction of sp³-hybridized carbons (Fsp3) is 0.464. The third-order valence-corrected chi connectivity index (χ3v) is 6.65. The van der Waals surface area contributed by atoms with Gasteiger partial charge in [0, 0.05) is 20.0 Å². The van der Waals surface area contributed by atoms with Crippen molar-refractivity contribution in [1.29, 1.82) is 0 Å². The normalized spacial score (nSPS) is 16.6. The number of fused-ring (bicyclic) bond motifs is 1. The number of nitrogens with one attached hydrogen (secondary N) is 1. The molecule has 0 aromatic heterocycles. The van der Waals surface area contributed by atoms with Crippen molar-refractivity contribution in [1.82, 2.24) is 10.2 Å². The number of piperidine rings is 1. The number of benzene rings is 2. The summed E-state index contributed by atoms with van der Waals surface area (Å²) in [4.78, 5) is 42.1. The third-order valence-electron chi connectivity index (χ3n) is 6.65. The van der Waals surface area contributed by atoms with Crippen LogP contribution in [0.1, 0.15) is 43.4 Å². The molecular weight excluding hydrogens is 531 g/mol. The number of carbonyl (C=O) groups excluding carboxylic acids is 2. The lowest BCUT2D eigenvalue weighted by molar-refractivity contribution is -0.192. The van der Waals surface area contributed by atoms with Crippen LogP contribution in [0.5, 0.6) is 0 Å². The Morgan fingerprint density at radius 2 is 1.75 bits per heavy atom. The van der Waals surface area contributed by atoms with E-state index in [2.05, 4.69) is 16.3 Å². The smallest absolute Gasteiger partial charge is 0.475 e. The fourth-order valence-corrected chi connectivity index (χ4v) is 4.39. The molecule has 1 atom stereocenters. The number of esters is 1. The molecule has 40 heavy (non-hydrogen) atoms. The average Bonchev–Trinajstić information content (AvgIpc) is 2.94. The Morgan fingerprint density at radius 1 is 1.10 bits per heavy atom. The average molecular weight is 566 g/mol. The summed E-state index contributed by atoms with van der Waals surface area (Å²) in [6.45, 7) is 6.91. The highest BCUT2D eigenvalue weighted by Gasteiger charge is 2.38. The maximum atomic E-state index is 12.7. The number of amides is 1. The third kappa shape index (κ3) is 9.04. The molecule has 2 aliphatic rings. The van der Waals surface area contributed by atoms with Gasteiger partial charge in [0.2, 0.25) is 5.91 Å². The second kappa shape index (κ2) is 14.2. The summed E-state index contributed by atoms with van der Waals surface area (Å²) in [5.74, 6) is -3.12. The highest BCUT2D eigenvalue weighted by Crippen LogP contribution is 2.27. The Bertz CT molecular complexity index is 1160. The number of hydrogen-bond acceptors (Lipinski definition) is 7. The van der Waals surface area contributed by atoms with Gasteiger partial charge >= 0.3 is 18.1 Å². The Morgan fingerprint density at radius 3 is 2.35 bits per heavy atom. The van der Waals surface area contributed by atoms with Gasteiger partial charge in [-0.2, -0.15) is 18.2 Å². The lowest BCUT2D eigenvalue weighted by Crippen LogP contribution is -2.43. The van der Waals surface area contributed by atoms with E-state index in [4.69, 9.17) is 19.5 Å². The minimum Gasteiger partial charge on any atom is -0.475 e. The van der Waals surface area contributed by atoms with Gasteiger partial charge in [-0.25, -0.2) is 4.79 Å². The number of hydroxylamine groups is 1. The number of alkyl halides is 3. The Balaban J connectivity index is 0.000000559. The van der Waals surface area contributed by atoms with Gasteiger partial charge in [0.25, 0.3) is 0 Å². The van der Waals surface area contributed by atoms with E-state index in [0.717, 1.165) is 55.7 Å². The van der Waals surface area contributed by atoms with Crippen molar-refractivity contribution in [3.63, 3.8) is 0 Å². The summed E-state index contributed by atoms with van der Waals surface area (Å²) < 4.78 is 37.3. The van der Waals surface area contributed by atoms with E-state index in [1.165, 1.54) is 17.6 Å². The minimum absolute atomic E-state index is 0.0297. The molecule has 0 radical (unpaired) electrons. The molecule has 0 bridgehead atoms. The van der Waals surface area contributed by atoms with Crippen molar-refractivity contribution in [3.05, 3.63) is 65.2 Å². The molecule has 0 spiro atoms. The molecule has 4 rings (SSSR count). The Hall–Kier alpha value is -3.48. The summed E-state index contributed by atoms with van der Waals surface area (Å²) in [6.07, 6.45) is -2.45. The van der Waals surface area contributed by atoms with E-state index in [1.807, 2.05) is 49.4 Å². The first-order valence-corrected chi connectivity index (χ1v) is 13.0. The van der Waals surface area contributed by atoms with Gasteiger partial charge in [0.05, 0.1) is 11.8 Å². The SMILES string of the molecule is CC(=O)N(OC1CCNCC1)c1ccc2c(c1)CN(C(C)C(=O)OCc1ccccc1)CC2.O=C(O)C(F)(F)F. The number of carbonyl (C=O) groups is 3. The van der Waals surface area contributed by atoms with Gasteiger partial charge in [-0.05, 0) is 68.1 Å². The molecule has 0 aliphatic carbocycles. The van der Waals surface area contributed by atoms with Crippen LogP contribution in [0.4, 0.5) is 18.9 Å². The van der Waals surface area contributed by atoms with Crippen molar-refractivity contribution >= 4 is 23.5 Å². The van der Waals surface area contributed by atoms with Gasteiger partial charge in [0.15, 0.2) is 0 Å². The van der Waals surface area contributed by atoms with Crippen LogP contribution < -0.4 is 10.4 Å². The number of nitrogens with zero attached hydrogens (tertiary/aromatic N) is 2. The predicted octanol–water partition coefficient (Wildman–Crippen LogP) is 3.85. The number of anilines is 1. The molecule has 1 unspecified atom stereocenters. The summed E-state index contributed by atoms with van der Waals surface area (Å²) in [5.41, 5.74) is 4.07. The number of hydrogen-bond donors (Lipinski definition) is 2. The zero-order chi connectivity index (χ0) is 29.3. The first kappa shape index (κ1) is 31.1. The first-order valence-electron chi connectivity index (χ1n) is 13.0. The topological polar surface area (TPSA) is 108 Å². The zero-order valence-electron chi connectivity index (χ0n) is 22.4. The Labute approximate surface area is 230 Å². The second-order valence-corrected chi connectivity index (χ2v) is 9.61. The van der Waals surface area contributed by atoms with Crippen LogP contribution in [0.3, 0.4) is 0 Å². The van der Waals surface area contributed by atoms with Crippen molar-refractivity contribution in [2.75, 3.05) is 24.7 Å². The van der Waals surface area contributed by atoms with Crippen LogP contribution in [0, 0.1) is 0 Å². The monoisotopic (exact) mass is 565 g/mol. The van der Waals surface area contributed by atoms with Crippen LogP contribution in [-0.4, -0.2) is 65.8 Å². The number of carboxylic acids is 1. The largest absolute Gasteiger partial charge is 0.490 e. The molecule has 2 heterocycles. The fourth-order valence-electron chi connectivity index (χ4n) is 4.39. The Kier molecular flexibility index (Phi) is 11.1. The molecule has 2 aromatic rings. The number of ether oxygens (including phenoxy) is 1. The summed E-state index contributed by atoms with van der Waals surface area (Å²) in [7, 11) is 0. The highest BCUT2D eigenvalue weighted by molar-refractivity contribution is 5.89. The van der Waals surface area contributed by atoms with Crippen molar-refractivity contribution in [2.45, 2.75) is 64.6 Å². The van der Waals surface area contributed by atoms with E-state index >= 15 is 0 Å². The number of carboxylic acid groups (broad SMARTS) is 1. The minimum atomic E-state index is -5.08. The van der Waals surface area contributed by atoms with E-state index in [-0.39, 0.29) is 30.6 Å². The molecule has 1 fully saturated rings. The molecule has 0 saturated carbocycles. The maximum Gasteiger partial charge on any atom is 0.490 e. The van der Waals surface area contributed by atoms with E-state index in [1.54, 1.807) is 0 Å². The maximum absolute atomic E-state index is 12.7. The zero-order valence-corrected chi connectivity index (χ0v) is 22.4. The standard InChI is InChI=1S/C26H33N3O4.C2HF3O2/c1-19(26(31)32-18-21-6-4-3-5-7-21)28-15-12-22-8-9-24(16-23(22)17-28)29(20(2)30)33-25-10-13-27-14-11-25;3-2(4,5)1(6)7/h3-9,16,19,25,27H,10-15,17-18H2,1-2H3;(H,6,7). The predicted molar refractivity (Wildman–Crippen MR) is 140 cm³/mol. The second-order valence-electron chi connectivity index (χ2n) is 9.61. The van der Waals surface area contributed by atoms with E-state index < -0.39 is 12.1 Å². The van der Waals surface area contributed by atoms with Crippen molar-refractivity contribution in [2.24, 2.45) is 0 Å². The highest BCUT2D eigenvalue weighted by atomic mass is 19.4. The molecule has 218 valence electrons. The summed E-state index contributed by atoms with van der Waals surface area (Å²) >= 11 is 0. The van der Waals surface area contributed by atoms with Gasteiger partial charge in [-0.1, -0.05) is 36.4 Å². The number of halogens is 3. The summed E-state index contributed by atoms with van der Waals surface area (Å²) in [5, 5.41) is 11.9. The van der Waals surface area contributed by atoms with Gasteiger partial charge < -0.3 is 15.2 Å². The van der Waals surface area contributed by atoms with Gasteiger partial charge in [0.1, 0.15) is 12.6 Å². The molecule has 2 aromatic carbocycles. The van der Waals surface area contributed by atoms with Gasteiger partial charge in [-0.3, -0.25) is 19.3 Å². The van der Waals surface area contributed by atoms with Crippen molar-refractivity contribution in [3.8, 4) is 0 Å².